The van der Waals surface area contributed by atoms with Gasteiger partial charge in [0.25, 0.3) is 0 Å². The maximum atomic E-state index is 4.72. The van der Waals surface area contributed by atoms with Gasteiger partial charge in [0.2, 0.25) is 0 Å². The highest BCUT2D eigenvalue weighted by molar-refractivity contribution is 9.11. The van der Waals surface area contributed by atoms with Gasteiger partial charge in [-0.25, -0.2) is 9.97 Å². The second-order valence-electron chi connectivity index (χ2n) is 3.92. The molecule has 0 aliphatic rings. The van der Waals surface area contributed by atoms with E-state index in [-0.39, 0.29) is 0 Å². The van der Waals surface area contributed by atoms with E-state index in [1.807, 2.05) is 0 Å². The summed E-state index contributed by atoms with van der Waals surface area (Å²) in [5.41, 5.74) is 2.31. The molecule has 0 fully saturated rings. The van der Waals surface area contributed by atoms with E-state index >= 15 is 0 Å². The minimum atomic E-state index is 1.01. The number of hydrogen-bond acceptors (Lipinski definition) is 6. The van der Waals surface area contributed by atoms with Gasteiger partial charge in [0.15, 0.2) is 9.66 Å². The number of thiazole rings is 2. The van der Waals surface area contributed by atoms with Crippen LogP contribution in [0.25, 0.3) is 30.8 Å². The molecule has 0 atom stereocenters. The molecule has 0 unspecified atom stereocenters. The number of nitrogens with zero attached hydrogens (tertiary/aromatic N) is 2. The molecule has 0 saturated heterocycles. The van der Waals surface area contributed by atoms with E-state index in [0.717, 1.165) is 39.7 Å². The molecule has 0 spiro atoms. The SMILES string of the molecule is Brc1cscc1-c1nc2sc(-c3cscc3Br)nc2s1. The van der Waals surface area contributed by atoms with E-state index < -0.39 is 0 Å². The van der Waals surface area contributed by atoms with Gasteiger partial charge >= 0.3 is 0 Å². The number of halogens is 2. The van der Waals surface area contributed by atoms with Crippen LogP contribution in [0.4, 0.5) is 0 Å². The second-order valence-corrected chi connectivity index (χ2v) is 9.07. The Morgan fingerprint density at radius 2 is 1.15 bits per heavy atom. The van der Waals surface area contributed by atoms with E-state index in [1.54, 1.807) is 45.3 Å². The molecule has 4 aromatic heterocycles. The average molecular weight is 464 g/mol. The van der Waals surface area contributed by atoms with Crippen molar-refractivity contribution in [3.63, 3.8) is 0 Å². The lowest BCUT2D eigenvalue weighted by Crippen LogP contribution is -1.72. The van der Waals surface area contributed by atoms with Gasteiger partial charge < -0.3 is 0 Å². The molecule has 20 heavy (non-hydrogen) atoms. The summed E-state index contributed by atoms with van der Waals surface area (Å²) in [5, 5.41) is 10.4. The molecule has 0 aliphatic carbocycles. The van der Waals surface area contributed by atoms with Gasteiger partial charge in [-0.15, -0.1) is 0 Å². The summed E-state index contributed by atoms with van der Waals surface area (Å²) >= 11 is 13.8. The number of hydrogen-bond donors (Lipinski definition) is 0. The zero-order valence-corrected chi connectivity index (χ0v) is 16.0. The largest absolute Gasteiger partial charge is 0.223 e. The first-order valence-electron chi connectivity index (χ1n) is 5.44. The molecule has 0 bridgehead atoms. The molecule has 0 saturated carbocycles. The third-order valence-corrected chi connectivity index (χ3v) is 8.17. The molecule has 0 radical (unpaired) electrons. The Hall–Kier alpha value is -0.120. The van der Waals surface area contributed by atoms with Crippen molar-refractivity contribution in [2.45, 2.75) is 0 Å². The van der Waals surface area contributed by atoms with E-state index in [0.29, 0.717) is 0 Å². The van der Waals surface area contributed by atoms with Gasteiger partial charge in [-0.3, -0.25) is 0 Å². The molecule has 0 aliphatic heterocycles. The first-order valence-corrected chi connectivity index (χ1v) is 10.5. The normalized spacial score (nSPS) is 11.5. The van der Waals surface area contributed by atoms with Gasteiger partial charge in [0.1, 0.15) is 10.0 Å². The molecule has 0 aromatic carbocycles. The van der Waals surface area contributed by atoms with Crippen LogP contribution in [0.1, 0.15) is 0 Å². The Morgan fingerprint density at radius 1 is 0.700 bits per heavy atom. The van der Waals surface area contributed by atoms with Gasteiger partial charge in [-0.1, -0.05) is 22.7 Å². The Kier molecular flexibility index (Phi) is 3.56. The number of fused-ring (bicyclic) bond motifs is 1. The maximum Gasteiger partial charge on any atom is 0.155 e. The molecule has 2 nitrogen and oxygen atoms in total. The Morgan fingerprint density at radius 3 is 1.50 bits per heavy atom. The van der Waals surface area contributed by atoms with Crippen molar-refractivity contribution in [1.29, 1.82) is 0 Å². The molecule has 100 valence electrons. The monoisotopic (exact) mass is 462 g/mol. The lowest BCUT2D eigenvalue weighted by Gasteiger charge is -1.92. The molecule has 4 aromatic rings. The number of rotatable bonds is 2. The molecule has 4 rings (SSSR count). The van der Waals surface area contributed by atoms with Gasteiger partial charge in [0.05, 0.1) is 0 Å². The predicted octanol–water partition coefficient (Wildman–Crippen LogP) is 6.73. The fourth-order valence-electron chi connectivity index (χ4n) is 1.74. The summed E-state index contributed by atoms with van der Waals surface area (Å²) in [6, 6.07) is 0. The highest BCUT2D eigenvalue weighted by Crippen LogP contribution is 2.41. The van der Waals surface area contributed by atoms with Crippen molar-refractivity contribution in [3.8, 4) is 21.1 Å². The smallest absolute Gasteiger partial charge is 0.155 e. The summed E-state index contributed by atoms with van der Waals surface area (Å²) in [6.07, 6.45) is 0. The van der Waals surface area contributed by atoms with Gasteiger partial charge in [0, 0.05) is 41.6 Å². The predicted molar refractivity (Wildman–Crippen MR) is 97.3 cm³/mol. The molecule has 8 heteroatoms. The minimum absolute atomic E-state index is 1.01. The van der Waals surface area contributed by atoms with Crippen LogP contribution in [0.15, 0.2) is 30.5 Å². The summed E-state index contributed by atoms with van der Waals surface area (Å²) in [4.78, 5) is 11.5. The summed E-state index contributed by atoms with van der Waals surface area (Å²) in [5.74, 6) is 0. The lowest BCUT2D eigenvalue weighted by atomic mass is 10.4. The molecular weight excluding hydrogens is 460 g/mol. The third kappa shape index (κ3) is 2.22. The van der Waals surface area contributed by atoms with E-state index in [1.165, 1.54) is 0 Å². The fourth-order valence-corrected chi connectivity index (χ4v) is 7.19. The first kappa shape index (κ1) is 13.5. The van der Waals surface area contributed by atoms with Gasteiger partial charge in [-0.05, 0) is 31.9 Å². The highest BCUT2D eigenvalue weighted by Gasteiger charge is 2.16. The van der Waals surface area contributed by atoms with Crippen LogP contribution < -0.4 is 0 Å². The van der Waals surface area contributed by atoms with Gasteiger partial charge in [-0.2, -0.15) is 22.7 Å². The van der Waals surface area contributed by atoms with E-state index in [9.17, 15) is 0 Å². The molecule has 4 heterocycles. The Bertz CT molecular complexity index is 800. The van der Waals surface area contributed by atoms with Crippen LogP contribution in [0, 0.1) is 0 Å². The molecular formula is C12H4Br2N2S4. The van der Waals surface area contributed by atoms with Crippen LogP contribution in [0.3, 0.4) is 0 Å². The lowest BCUT2D eigenvalue weighted by molar-refractivity contribution is 1.49. The number of thiophene rings is 2. The zero-order chi connectivity index (χ0) is 13.7. The van der Waals surface area contributed by atoms with Crippen molar-refractivity contribution in [2.24, 2.45) is 0 Å². The van der Waals surface area contributed by atoms with Crippen molar-refractivity contribution in [1.82, 2.24) is 9.97 Å². The van der Waals surface area contributed by atoms with Crippen LogP contribution >= 0.6 is 77.2 Å². The second kappa shape index (κ2) is 5.26. The van der Waals surface area contributed by atoms with E-state index in [4.69, 9.17) is 9.97 Å². The van der Waals surface area contributed by atoms with Crippen LogP contribution in [-0.4, -0.2) is 9.97 Å². The van der Waals surface area contributed by atoms with Crippen LogP contribution in [-0.2, 0) is 0 Å². The minimum Gasteiger partial charge on any atom is -0.223 e. The average Bonchev–Trinajstić information content (AvgIpc) is 3.10. The number of aromatic nitrogens is 2. The standard InChI is InChI=1S/C12H4Br2N2S4/c13-7-3-17-1-5(7)9-15-11-12(19-9)16-10(20-11)6-2-18-4-8(6)14/h1-4H. The fraction of sp³-hybridized carbons (Fsp3) is 0. The first-order chi connectivity index (χ1) is 9.72. The summed E-state index contributed by atoms with van der Waals surface area (Å²) in [7, 11) is 0. The van der Waals surface area contributed by atoms with Crippen molar-refractivity contribution in [2.75, 3.05) is 0 Å². The zero-order valence-electron chi connectivity index (χ0n) is 9.59. The topological polar surface area (TPSA) is 25.8 Å². The molecule has 0 amide bonds. The van der Waals surface area contributed by atoms with Crippen molar-refractivity contribution < 1.29 is 0 Å². The summed E-state index contributed by atoms with van der Waals surface area (Å²) < 4.78 is 2.20. The molecule has 0 N–H and O–H groups in total. The van der Waals surface area contributed by atoms with E-state index in [2.05, 4.69) is 53.4 Å². The van der Waals surface area contributed by atoms with Crippen molar-refractivity contribution >= 4 is 86.9 Å². The van der Waals surface area contributed by atoms with Crippen LogP contribution in [0.2, 0.25) is 0 Å². The maximum absolute atomic E-state index is 4.72. The Balaban J connectivity index is 1.82. The highest BCUT2D eigenvalue weighted by atomic mass is 79.9. The van der Waals surface area contributed by atoms with Crippen molar-refractivity contribution in [3.05, 3.63) is 30.5 Å². The Labute approximate surface area is 147 Å². The third-order valence-electron chi connectivity index (χ3n) is 2.67. The summed E-state index contributed by atoms with van der Waals surface area (Å²) in [6.45, 7) is 0. The van der Waals surface area contributed by atoms with Crippen LogP contribution in [0.5, 0.6) is 0 Å². The quantitative estimate of drug-likeness (QED) is 0.329.